The van der Waals surface area contributed by atoms with E-state index in [1.807, 2.05) is 24.3 Å². The Morgan fingerprint density at radius 2 is 2.29 bits per heavy atom. The van der Waals surface area contributed by atoms with Crippen LogP contribution in [0.2, 0.25) is 5.02 Å². The highest BCUT2D eigenvalue weighted by atomic mass is 127. The van der Waals surface area contributed by atoms with Gasteiger partial charge in [0.05, 0.1) is 16.3 Å². The summed E-state index contributed by atoms with van der Waals surface area (Å²) in [5.74, 6) is 0. The van der Waals surface area contributed by atoms with E-state index in [1.54, 1.807) is 6.20 Å². The maximum absolute atomic E-state index is 6.43. The van der Waals surface area contributed by atoms with Gasteiger partial charge in [-0.25, -0.2) is 0 Å². The lowest BCUT2D eigenvalue weighted by Gasteiger charge is -2.32. The summed E-state index contributed by atoms with van der Waals surface area (Å²) < 4.78 is 7.11. The molecule has 0 aliphatic carbocycles. The van der Waals surface area contributed by atoms with Crippen molar-refractivity contribution in [1.29, 1.82) is 0 Å². The number of benzene rings is 1. The lowest BCUT2D eigenvalue weighted by Crippen LogP contribution is -2.50. The highest BCUT2D eigenvalue weighted by Gasteiger charge is 2.25. The van der Waals surface area contributed by atoms with E-state index in [1.165, 1.54) is 0 Å². The molecule has 0 radical (unpaired) electrons. The van der Waals surface area contributed by atoms with E-state index in [-0.39, 0.29) is 0 Å². The van der Waals surface area contributed by atoms with Crippen LogP contribution in [0.3, 0.4) is 0 Å². The zero-order chi connectivity index (χ0) is 16.7. The minimum absolute atomic E-state index is 0.333. The normalized spacial score (nSPS) is 18.3. The fourth-order valence-corrected chi connectivity index (χ4v) is 3.86. The molecule has 0 spiro atoms. The lowest BCUT2D eigenvalue weighted by molar-refractivity contribution is 0.456. The van der Waals surface area contributed by atoms with Crippen molar-refractivity contribution in [3.63, 3.8) is 0 Å². The van der Waals surface area contributed by atoms with E-state index in [2.05, 4.69) is 44.7 Å². The number of pyridine rings is 1. The summed E-state index contributed by atoms with van der Waals surface area (Å²) in [6, 6.07) is 8.66. The van der Waals surface area contributed by atoms with Gasteiger partial charge in [0.1, 0.15) is 5.52 Å². The van der Waals surface area contributed by atoms with Crippen molar-refractivity contribution in [3.8, 4) is 11.3 Å². The number of anilines is 1. The molecule has 1 unspecified atom stereocenters. The van der Waals surface area contributed by atoms with E-state index in [4.69, 9.17) is 21.0 Å². The quantitative estimate of drug-likeness (QED) is 0.594. The van der Waals surface area contributed by atoms with Crippen molar-refractivity contribution < 1.29 is 4.42 Å². The molecule has 1 aliphatic rings. The molecule has 124 valence electrons. The molecule has 1 aromatic carbocycles. The second-order valence-corrected chi connectivity index (χ2v) is 7.34. The van der Waals surface area contributed by atoms with Gasteiger partial charge in [0.2, 0.25) is 0 Å². The number of hydrogen-bond acceptors (Lipinski definition) is 5. The van der Waals surface area contributed by atoms with Crippen molar-refractivity contribution in [2.45, 2.75) is 13.0 Å². The van der Waals surface area contributed by atoms with Crippen LogP contribution < -0.4 is 10.2 Å². The SMILES string of the molecule is CC1CNCCN1c1nc2cc(Cl)c(I)c(-c3ccccn3)c2o1. The molecule has 2 aromatic heterocycles. The summed E-state index contributed by atoms with van der Waals surface area (Å²) >= 11 is 8.67. The number of fused-ring (bicyclic) bond motifs is 1. The largest absolute Gasteiger partial charge is 0.423 e. The van der Waals surface area contributed by atoms with Crippen molar-refractivity contribution >= 4 is 51.3 Å². The first-order chi connectivity index (χ1) is 11.6. The first kappa shape index (κ1) is 16.1. The molecule has 1 saturated heterocycles. The Bertz CT molecular complexity index is 883. The van der Waals surface area contributed by atoms with Gasteiger partial charge >= 0.3 is 0 Å². The molecule has 1 N–H and O–H groups in total. The molecule has 24 heavy (non-hydrogen) atoms. The maximum atomic E-state index is 6.43. The standard InChI is InChI=1S/C17H16ClIN4O/c1-10-9-20-6-7-23(10)17-22-13-8-11(18)15(19)14(16(13)24-17)12-4-2-3-5-21-12/h2-5,8,10,20H,6-7,9H2,1H3. The van der Waals surface area contributed by atoms with Crippen LogP contribution in [0.4, 0.5) is 6.01 Å². The van der Waals surface area contributed by atoms with E-state index < -0.39 is 0 Å². The minimum Gasteiger partial charge on any atom is -0.423 e. The zero-order valence-electron chi connectivity index (χ0n) is 13.1. The Morgan fingerprint density at radius 1 is 1.42 bits per heavy atom. The number of nitrogens with one attached hydrogen (secondary N) is 1. The average Bonchev–Trinajstić information content (AvgIpc) is 3.00. The number of nitrogens with zero attached hydrogens (tertiary/aromatic N) is 3. The summed E-state index contributed by atoms with van der Waals surface area (Å²) in [4.78, 5) is 11.3. The van der Waals surface area contributed by atoms with E-state index in [0.717, 1.165) is 45.6 Å². The zero-order valence-corrected chi connectivity index (χ0v) is 16.0. The Hall–Kier alpha value is -1.38. The van der Waals surface area contributed by atoms with Gasteiger partial charge in [-0.05, 0) is 47.7 Å². The minimum atomic E-state index is 0.333. The van der Waals surface area contributed by atoms with E-state index in [9.17, 15) is 0 Å². The maximum Gasteiger partial charge on any atom is 0.298 e. The third-order valence-corrected chi connectivity index (χ3v) is 5.97. The topological polar surface area (TPSA) is 54.2 Å². The molecule has 7 heteroatoms. The third-order valence-electron chi connectivity index (χ3n) is 4.23. The number of hydrogen-bond donors (Lipinski definition) is 1. The second-order valence-electron chi connectivity index (χ2n) is 5.85. The molecule has 1 atom stereocenters. The Kier molecular flexibility index (Phi) is 4.36. The summed E-state index contributed by atoms with van der Waals surface area (Å²) in [5, 5.41) is 4.04. The van der Waals surface area contributed by atoms with Crippen LogP contribution in [0, 0.1) is 3.57 Å². The fraction of sp³-hybridized carbons (Fsp3) is 0.294. The van der Waals surface area contributed by atoms with Crippen molar-refractivity contribution in [1.82, 2.24) is 15.3 Å². The van der Waals surface area contributed by atoms with Gasteiger partial charge in [0, 0.05) is 35.4 Å². The van der Waals surface area contributed by atoms with Crippen LogP contribution in [-0.2, 0) is 0 Å². The summed E-state index contributed by atoms with van der Waals surface area (Å²) in [6.45, 7) is 4.88. The van der Waals surface area contributed by atoms with Crippen LogP contribution in [0.5, 0.6) is 0 Å². The molecule has 1 fully saturated rings. The molecule has 3 heterocycles. The number of halogens is 2. The van der Waals surface area contributed by atoms with Gasteiger partial charge in [0.15, 0.2) is 5.58 Å². The van der Waals surface area contributed by atoms with Crippen LogP contribution in [0.15, 0.2) is 34.9 Å². The molecule has 0 amide bonds. The molecule has 0 bridgehead atoms. The molecular weight excluding hydrogens is 439 g/mol. The number of rotatable bonds is 2. The van der Waals surface area contributed by atoms with Gasteiger partial charge in [-0.2, -0.15) is 4.98 Å². The predicted octanol–water partition coefficient (Wildman–Crippen LogP) is 3.95. The lowest BCUT2D eigenvalue weighted by atomic mass is 10.1. The second kappa shape index (κ2) is 6.50. The molecule has 5 nitrogen and oxygen atoms in total. The fourth-order valence-electron chi connectivity index (χ4n) is 2.99. The molecule has 0 saturated carbocycles. The van der Waals surface area contributed by atoms with Gasteiger partial charge < -0.3 is 14.6 Å². The first-order valence-electron chi connectivity index (χ1n) is 7.82. The Morgan fingerprint density at radius 3 is 3.04 bits per heavy atom. The van der Waals surface area contributed by atoms with Crippen LogP contribution in [-0.4, -0.2) is 35.6 Å². The van der Waals surface area contributed by atoms with Crippen LogP contribution in [0.1, 0.15) is 6.92 Å². The van der Waals surface area contributed by atoms with E-state index >= 15 is 0 Å². The van der Waals surface area contributed by atoms with Gasteiger partial charge in [-0.15, -0.1) is 0 Å². The third kappa shape index (κ3) is 2.76. The molecule has 1 aliphatic heterocycles. The Labute approximate surface area is 158 Å². The summed E-state index contributed by atoms with van der Waals surface area (Å²) in [7, 11) is 0. The molecule has 3 aromatic rings. The Balaban J connectivity index is 1.90. The molecular formula is C17H16ClIN4O. The van der Waals surface area contributed by atoms with Crippen molar-refractivity contribution in [2.75, 3.05) is 24.5 Å². The van der Waals surface area contributed by atoms with Gasteiger partial charge in [0.25, 0.3) is 6.01 Å². The number of oxazole rings is 1. The number of piperazine rings is 1. The van der Waals surface area contributed by atoms with E-state index in [0.29, 0.717) is 17.1 Å². The summed E-state index contributed by atoms with van der Waals surface area (Å²) in [5.41, 5.74) is 3.25. The van der Waals surface area contributed by atoms with Gasteiger partial charge in [-0.3, -0.25) is 4.98 Å². The highest BCUT2D eigenvalue weighted by molar-refractivity contribution is 14.1. The average molecular weight is 455 g/mol. The summed E-state index contributed by atoms with van der Waals surface area (Å²) in [6.07, 6.45) is 1.77. The van der Waals surface area contributed by atoms with Gasteiger partial charge in [-0.1, -0.05) is 17.7 Å². The monoisotopic (exact) mass is 454 g/mol. The van der Waals surface area contributed by atoms with Crippen molar-refractivity contribution in [2.24, 2.45) is 0 Å². The predicted molar refractivity (Wildman–Crippen MR) is 105 cm³/mol. The number of aromatic nitrogens is 2. The first-order valence-corrected chi connectivity index (χ1v) is 9.28. The highest BCUT2D eigenvalue weighted by Crippen LogP contribution is 2.38. The van der Waals surface area contributed by atoms with Crippen LogP contribution >= 0.6 is 34.2 Å². The smallest absolute Gasteiger partial charge is 0.298 e. The van der Waals surface area contributed by atoms with Crippen LogP contribution in [0.25, 0.3) is 22.4 Å². The van der Waals surface area contributed by atoms with Crippen molar-refractivity contribution in [3.05, 3.63) is 39.1 Å². The molecule has 4 rings (SSSR count).